The molecule has 106 valence electrons. The fourth-order valence-corrected chi connectivity index (χ4v) is 2.05. The van der Waals surface area contributed by atoms with E-state index in [-0.39, 0.29) is 0 Å². The molecule has 6 heteroatoms. The van der Waals surface area contributed by atoms with Crippen LogP contribution in [0.5, 0.6) is 0 Å². The highest BCUT2D eigenvalue weighted by molar-refractivity contribution is 7.97. The van der Waals surface area contributed by atoms with Crippen LogP contribution in [-0.4, -0.2) is 21.8 Å². The molecule has 1 aromatic carbocycles. The third-order valence-electron chi connectivity index (χ3n) is 2.00. The second kappa shape index (κ2) is 6.08. The molecule has 0 fully saturated rings. The molecule has 0 radical (unpaired) electrons. The molecule has 0 aromatic heterocycles. The first-order chi connectivity index (χ1) is 8.68. The predicted octanol–water partition coefficient (Wildman–Crippen LogP) is 1.85. The maximum absolute atomic E-state index is 12.0. The highest BCUT2D eigenvalue weighted by Gasteiger charge is 2.18. The van der Waals surface area contributed by atoms with Gasteiger partial charge in [-0.1, -0.05) is 30.3 Å². The number of carbonyl (C=O) groups excluding carboxylic acids is 1. The second-order valence-electron chi connectivity index (χ2n) is 5.09. The second-order valence-corrected chi connectivity index (χ2v) is 6.93. The lowest BCUT2D eigenvalue weighted by molar-refractivity contribution is 0.0571. The van der Waals surface area contributed by atoms with Gasteiger partial charge in [0, 0.05) is 6.54 Å². The van der Waals surface area contributed by atoms with Crippen LogP contribution in [-0.2, 0) is 21.2 Å². The molecular weight excluding hydrogens is 264 g/mol. The molecule has 5 nitrogen and oxygen atoms in total. The van der Waals surface area contributed by atoms with E-state index in [1.165, 1.54) is 0 Å². The van der Waals surface area contributed by atoms with Crippen molar-refractivity contribution in [3.05, 3.63) is 35.9 Å². The Morgan fingerprint density at radius 3 is 2.42 bits per heavy atom. The summed E-state index contributed by atoms with van der Waals surface area (Å²) in [6.07, 6.45) is -0.756. The van der Waals surface area contributed by atoms with Crippen molar-refractivity contribution in [2.75, 3.05) is 0 Å². The molecule has 0 aliphatic rings. The van der Waals surface area contributed by atoms with Gasteiger partial charge in [0.2, 0.25) is 0 Å². The van der Waals surface area contributed by atoms with E-state index >= 15 is 0 Å². The first-order valence-corrected chi connectivity index (χ1v) is 7.57. The number of carbonyl (C=O) groups is 1. The molecule has 0 saturated carbocycles. The van der Waals surface area contributed by atoms with Crippen LogP contribution in [0.2, 0.25) is 0 Å². The summed E-state index contributed by atoms with van der Waals surface area (Å²) >= 11 is 0. The summed E-state index contributed by atoms with van der Waals surface area (Å²) in [6.45, 7) is 5.54. The minimum absolute atomic E-state index is 0.346. The molecule has 0 aliphatic carbocycles. The number of amides is 1. The predicted molar refractivity (Wildman–Crippen MR) is 77.9 cm³/mol. The van der Waals surface area contributed by atoms with Crippen LogP contribution in [0.25, 0.3) is 0 Å². The Morgan fingerprint density at radius 1 is 1.32 bits per heavy atom. The van der Waals surface area contributed by atoms with Gasteiger partial charge in [-0.3, -0.25) is 0 Å². The number of rotatable bonds is 4. The molecular formula is C13H20N2O3S. The van der Waals surface area contributed by atoms with Crippen molar-refractivity contribution in [2.45, 2.75) is 32.9 Å². The van der Waals surface area contributed by atoms with Gasteiger partial charge in [0.05, 0.1) is 0 Å². The number of hydrogen-bond acceptors (Lipinski definition) is 3. The lowest BCUT2D eigenvalue weighted by Gasteiger charge is -2.21. The summed E-state index contributed by atoms with van der Waals surface area (Å²) in [4.78, 5) is 11.5. The van der Waals surface area contributed by atoms with E-state index < -0.39 is 21.6 Å². The Kier molecular flexibility index (Phi) is 4.97. The van der Waals surface area contributed by atoms with Crippen LogP contribution in [0.15, 0.2) is 30.3 Å². The smallest absolute Gasteiger partial charge is 0.420 e. The molecule has 0 saturated heterocycles. The van der Waals surface area contributed by atoms with E-state index in [0.717, 1.165) is 5.56 Å². The van der Waals surface area contributed by atoms with Crippen LogP contribution in [0.1, 0.15) is 26.3 Å². The van der Waals surface area contributed by atoms with Crippen LogP contribution in [0, 0.1) is 0 Å². The average molecular weight is 284 g/mol. The fraction of sp³-hybridized carbons (Fsp3) is 0.385. The van der Waals surface area contributed by atoms with E-state index in [9.17, 15) is 9.00 Å². The van der Waals surface area contributed by atoms with Gasteiger partial charge >= 0.3 is 6.09 Å². The molecule has 1 aromatic rings. The topological polar surface area (TPSA) is 67.4 Å². The number of hydrogen-bond donors (Lipinski definition) is 2. The minimum Gasteiger partial charge on any atom is -0.443 e. The minimum atomic E-state index is -2.93. The van der Waals surface area contributed by atoms with E-state index in [4.69, 9.17) is 4.74 Å². The molecule has 1 amide bonds. The van der Waals surface area contributed by atoms with Gasteiger partial charge in [0.15, 0.2) is 0 Å². The normalized spacial score (nSPS) is 14.5. The monoisotopic (exact) mass is 284 g/mol. The zero-order valence-electron chi connectivity index (χ0n) is 11.4. The van der Waals surface area contributed by atoms with E-state index in [1.807, 2.05) is 30.3 Å². The van der Waals surface area contributed by atoms with Gasteiger partial charge < -0.3 is 4.74 Å². The zero-order valence-corrected chi connectivity index (χ0v) is 12.3. The Bertz CT molecular complexity index is 519. The zero-order chi connectivity index (χ0) is 14.5. The Hall–Kier alpha value is -1.53. The highest BCUT2D eigenvalue weighted by Crippen LogP contribution is 2.06. The van der Waals surface area contributed by atoms with Crippen molar-refractivity contribution < 1.29 is 13.7 Å². The Balaban J connectivity index is 2.51. The van der Waals surface area contributed by atoms with Gasteiger partial charge in [-0.2, -0.15) is 0 Å². The van der Waals surface area contributed by atoms with Crippen molar-refractivity contribution in [2.24, 2.45) is 0 Å². The van der Waals surface area contributed by atoms with Gasteiger partial charge in [-0.15, -0.1) is 0 Å². The number of nitrogens with one attached hydrogen (secondary N) is 2. The number of benzene rings is 1. The van der Waals surface area contributed by atoms with Crippen LogP contribution < -0.4 is 9.44 Å². The van der Waals surface area contributed by atoms with E-state index in [2.05, 4.69) is 15.3 Å². The Morgan fingerprint density at radius 2 is 1.89 bits per heavy atom. The molecule has 0 aliphatic heterocycles. The molecule has 0 bridgehead atoms. The highest BCUT2D eigenvalue weighted by atomic mass is 32.2. The average Bonchev–Trinajstić information content (AvgIpc) is 2.24. The number of ether oxygens (including phenoxy) is 1. The quantitative estimate of drug-likeness (QED) is 0.829. The van der Waals surface area contributed by atoms with Crippen LogP contribution in [0.3, 0.4) is 0 Å². The SMILES string of the molecule is C=S(=O)(NCc1ccccc1)NC(=O)OC(C)(C)C. The van der Waals surface area contributed by atoms with Crippen molar-refractivity contribution >= 4 is 21.9 Å². The van der Waals surface area contributed by atoms with Crippen molar-refractivity contribution in [3.8, 4) is 0 Å². The third kappa shape index (κ3) is 6.83. The summed E-state index contributed by atoms with van der Waals surface area (Å²) in [5.41, 5.74) is 0.309. The third-order valence-corrected chi connectivity index (χ3v) is 3.11. The Labute approximate surface area is 114 Å². The van der Waals surface area contributed by atoms with Crippen LogP contribution >= 0.6 is 0 Å². The maximum Gasteiger partial charge on any atom is 0.420 e. The first-order valence-electron chi connectivity index (χ1n) is 5.84. The lowest BCUT2D eigenvalue weighted by atomic mass is 10.2. The van der Waals surface area contributed by atoms with Crippen molar-refractivity contribution in [1.29, 1.82) is 0 Å². The van der Waals surface area contributed by atoms with Gasteiger partial charge in [-0.05, 0) is 32.2 Å². The molecule has 2 N–H and O–H groups in total. The molecule has 19 heavy (non-hydrogen) atoms. The first kappa shape index (κ1) is 15.5. The standard InChI is InChI=1S/C13H20N2O3S/c1-13(2,3)18-12(16)15-19(4,17)14-10-11-8-6-5-7-9-11/h5-9H,4,10H2,1-3H3,(H2,14,15,16,17). The van der Waals surface area contributed by atoms with Gasteiger partial charge in [0.25, 0.3) is 0 Å². The van der Waals surface area contributed by atoms with E-state index in [1.54, 1.807) is 20.8 Å². The van der Waals surface area contributed by atoms with Crippen molar-refractivity contribution in [3.63, 3.8) is 0 Å². The van der Waals surface area contributed by atoms with E-state index in [0.29, 0.717) is 6.54 Å². The molecule has 1 rings (SSSR count). The summed E-state index contributed by atoms with van der Waals surface area (Å²) in [5, 5.41) is 0. The largest absolute Gasteiger partial charge is 0.443 e. The summed E-state index contributed by atoms with van der Waals surface area (Å²) in [5.74, 6) is 3.46. The van der Waals surface area contributed by atoms with Gasteiger partial charge in [0.1, 0.15) is 15.5 Å². The molecule has 1 atom stereocenters. The molecule has 0 heterocycles. The maximum atomic E-state index is 12.0. The van der Waals surface area contributed by atoms with Crippen LogP contribution in [0.4, 0.5) is 4.79 Å². The molecule has 0 spiro atoms. The summed E-state index contributed by atoms with van der Waals surface area (Å²) in [6, 6.07) is 9.42. The lowest BCUT2D eigenvalue weighted by Crippen LogP contribution is -2.42. The van der Waals surface area contributed by atoms with Gasteiger partial charge in [-0.25, -0.2) is 18.4 Å². The fourth-order valence-electron chi connectivity index (χ4n) is 1.27. The van der Waals surface area contributed by atoms with Crippen molar-refractivity contribution in [1.82, 2.24) is 9.44 Å². The molecule has 1 unspecified atom stereocenters. The summed E-state index contributed by atoms with van der Waals surface area (Å²) < 4.78 is 22.0. The summed E-state index contributed by atoms with van der Waals surface area (Å²) in [7, 11) is -2.93.